The highest BCUT2D eigenvalue weighted by Gasteiger charge is 2.21. The number of benzene rings is 2. The molecule has 0 spiro atoms. The maximum absolute atomic E-state index is 12.5. The first-order valence-electron chi connectivity index (χ1n) is 7.90. The quantitative estimate of drug-likeness (QED) is 0.912. The molecule has 0 heterocycles. The summed E-state index contributed by atoms with van der Waals surface area (Å²) in [7, 11) is 0. The molecule has 0 bridgehead atoms. The third-order valence-corrected chi connectivity index (χ3v) is 4.14. The van der Waals surface area contributed by atoms with Gasteiger partial charge < -0.3 is 10.6 Å². The molecule has 1 unspecified atom stereocenters. The number of carbonyl (C=O) groups excluding carboxylic acids is 2. The normalized spacial score (nSPS) is 16.3. The van der Waals surface area contributed by atoms with Gasteiger partial charge in [0.15, 0.2) is 0 Å². The van der Waals surface area contributed by atoms with Gasteiger partial charge in [0.05, 0.1) is 6.04 Å². The fraction of sp³-hybridized carbons (Fsp3) is 0.263. The number of hydrogen-bond donors (Lipinski definition) is 2. The number of carbonyl (C=O) groups is 2. The summed E-state index contributed by atoms with van der Waals surface area (Å²) < 4.78 is 0. The van der Waals surface area contributed by atoms with Crippen LogP contribution in [0.2, 0.25) is 0 Å². The minimum Gasteiger partial charge on any atom is -0.345 e. The fourth-order valence-corrected chi connectivity index (χ4v) is 3.05. The summed E-state index contributed by atoms with van der Waals surface area (Å²) in [5.74, 6) is -0.206. The summed E-state index contributed by atoms with van der Waals surface area (Å²) in [6.07, 6.45) is 3.13. The number of hydrogen-bond acceptors (Lipinski definition) is 2. The monoisotopic (exact) mass is 308 g/mol. The van der Waals surface area contributed by atoms with E-state index < -0.39 is 0 Å². The Balaban J connectivity index is 1.71. The lowest BCUT2D eigenvalue weighted by Gasteiger charge is -2.26. The van der Waals surface area contributed by atoms with Gasteiger partial charge >= 0.3 is 0 Å². The zero-order valence-electron chi connectivity index (χ0n) is 13.1. The zero-order chi connectivity index (χ0) is 16.2. The van der Waals surface area contributed by atoms with Crippen LogP contribution in [-0.4, -0.2) is 11.8 Å². The van der Waals surface area contributed by atoms with Crippen molar-refractivity contribution in [2.75, 3.05) is 5.32 Å². The highest BCUT2D eigenvalue weighted by molar-refractivity contribution is 5.95. The largest absolute Gasteiger partial charge is 0.345 e. The lowest BCUT2D eigenvalue weighted by molar-refractivity contribution is -0.114. The summed E-state index contributed by atoms with van der Waals surface area (Å²) in [5.41, 5.74) is 3.84. The molecule has 1 aliphatic rings. The van der Waals surface area contributed by atoms with Gasteiger partial charge in [-0.25, -0.2) is 0 Å². The molecule has 2 amide bonds. The van der Waals surface area contributed by atoms with Gasteiger partial charge in [-0.1, -0.05) is 24.3 Å². The molecule has 2 N–H and O–H groups in total. The second kappa shape index (κ2) is 6.65. The van der Waals surface area contributed by atoms with Crippen LogP contribution >= 0.6 is 0 Å². The third kappa shape index (κ3) is 3.59. The first kappa shape index (κ1) is 15.3. The summed E-state index contributed by atoms with van der Waals surface area (Å²) in [6.45, 7) is 1.46. The van der Waals surface area contributed by atoms with E-state index in [0.717, 1.165) is 19.3 Å². The lowest BCUT2D eigenvalue weighted by Crippen LogP contribution is -2.30. The number of anilines is 1. The van der Waals surface area contributed by atoms with Crippen LogP contribution in [0.3, 0.4) is 0 Å². The van der Waals surface area contributed by atoms with Gasteiger partial charge in [-0.05, 0) is 54.7 Å². The molecule has 0 saturated carbocycles. The molecule has 0 saturated heterocycles. The molecule has 3 rings (SSSR count). The highest BCUT2D eigenvalue weighted by Crippen LogP contribution is 2.29. The van der Waals surface area contributed by atoms with Crippen molar-refractivity contribution in [1.29, 1.82) is 0 Å². The van der Waals surface area contributed by atoms with Crippen LogP contribution in [0, 0.1) is 0 Å². The Morgan fingerprint density at radius 1 is 1.04 bits per heavy atom. The number of amides is 2. The van der Waals surface area contributed by atoms with Crippen molar-refractivity contribution < 1.29 is 9.59 Å². The molecule has 2 aromatic carbocycles. The Kier molecular flexibility index (Phi) is 4.42. The Morgan fingerprint density at radius 2 is 1.78 bits per heavy atom. The Labute approximate surface area is 135 Å². The van der Waals surface area contributed by atoms with E-state index in [4.69, 9.17) is 0 Å². The molecule has 2 aromatic rings. The molecular weight excluding hydrogens is 288 g/mol. The van der Waals surface area contributed by atoms with Gasteiger partial charge in [-0.2, -0.15) is 0 Å². The number of aryl methyl sites for hydroxylation is 1. The number of nitrogens with one attached hydrogen (secondary N) is 2. The molecule has 0 radical (unpaired) electrons. The van der Waals surface area contributed by atoms with Crippen LogP contribution in [-0.2, 0) is 11.2 Å². The summed E-state index contributed by atoms with van der Waals surface area (Å²) >= 11 is 0. The average molecular weight is 308 g/mol. The fourth-order valence-electron chi connectivity index (χ4n) is 3.05. The maximum Gasteiger partial charge on any atom is 0.251 e. The SMILES string of the molecule is CC(=O)Nc1ccc(C(=O)NC2CCCc3ccccc32)cc1. The van der Waals surface area contributed by atoms with Gasteiger partial charge in [-0.3, -0.25) is 9.59 Å². The van der Waals surface area contributed by atoms with E-state index in [1.165, 1.54) is 18.1 Å². The van der Waals surface area contributed by atoms with Crippen LogP contribution in [0.4, 0.5) is 5.69 Å². The van der Waals surface area contributed by atoms with E-state index in [1.54, 1.807) is 24.3 Å². The van der Waals surface area contributed by atoms with Gasteiger partial charge in [0.25, 0.3) is 5.91 Å². The maximum atomic E-state index is 12.5. The summed E-state index contributed by atoms with van der Waals surface area (Å²) in [6, 6.07) is 15.3. The highest BCUT2D eigenvalue weighted by atomic mass is 16.2. The molecule has 0 fully saturated rings. The molecule has 118 valence electrons. The van der Waals surface area contributed by atoms with Crippen molar-refractivity contribution in [3.05, 3.63) is 65.2 Å². The molecule has 1 atom stereocenters. The Bertz CT molecular complexity index is 722. The topological polar surface area (TPSA) is 58.2 Å². The Morgan fingerprint density at radius 3 is 2.52 bits per heavy atom. The van der Waals surface area contributed by atoms with Crippen molar-refractivity contribution in [3.63, 3.8) is 0 Å². The second-order valence-electron chi connectivity index (χ2n) is 5.88. The molecule has 4 heteroatoms. The lowest BCUT2D eigenvalue weighted by atomic mass is 9.87. The van der Waals surface area contributed by atoms with E-state index in [2.05, 4.69) is 22.8 Å². The minimum atomic E-state index is -0.124. The predicted molar refractivity (Wildman–Crippen MR) is 90.3 cm³/mol. The van der Waals surface area contributed by atoms with Crippen molar-refractivity contribution >= 4 is 17.5 Å². The second-order valence-corrected chi connectivity index (χ2v) is 5.88. The molecule has 4 nitrogen and oxygen atoms in total. The molecular formula is C19H20N2O2. The average Bonchev–Trinajstić information content (AvgIpc) is 2.55. The molecule has 23 heavy (non-hydrogen) atoms. The minimum absolute atomic E-state index is 0.0717. The van der Waals surface area contributed by atoms with Gasteiger partial charge in [0.1, 0.15) is 0 Å². The van der Waals surface area contributed by atoms with Crippen LogP contribution in [0.5, 0.6) is 0 Å². The standard InChI is InChI=1S/C19H20N2O2/c1-13(22)20-16-11-9-15(10-12-16)19(23)21-18-8-4-6-14-5-2-3-7-17(14)18/h2-3,5,7,9-12,18H,4,6,8H2,1H3,(H,20,22)(H,21,23). The third-order valence-electron chi connectivity index (χ3n) is 4.14. The smallest absolute Gasteiger partial charge is 0.251 e. The van der Waals surface area contributed by atoms with Gasteiger partial charge in [0.2, 0.25) is 5.91 Å². The van der Waals surface area contributed by atoms with Crippen LogP contribution in [0.25, 0.3) is 0 Å². The van der Waals surface area contributed by atoms with E-state index in [0.29, 0.717) is 11.3 Å². The number of rotatable bonds is 3. The number of fused-ring (bicyclic) bond motifs is 1. The first-order valence-corrected chi connectivity index (χ1v) is 7.90. The van der Waals surface area contributed by atoms with Crippen LogP contribution in [0.15, 0.2) is 48.5 Å². The van der Waals surface area contributed by atoms with Gasteiger partial charge in [-0.15, -0.1) is 0 Å². The van der Waals surface area contributed by atoms with E-state index in [9.17, 15) is 9.59 Å². The summed E-state index contributed by atoms with van der Waals surface area (Å²) in [4.78, 5) is 23.5. The van der Waals surface area contributed by atoms with Crippen molar-refractivity contribution in [3.8, 4) is 0 Å². The van der Waals surface area contributed by atoms with E-state index in [1.807, 2.05) is 12.1 Å². The summed E-state index contributed by atoms with van der Waals surface area (Å²) in [5, 5.41) is 5.82. The molecule has 0 aliphatic heterocycles. The molecule has 1 aliphatic carbocycles. The van der Waals surface area contributed by atoms with Crippen LogP contribution < -0.4 is 10.6 Å². The zero-order valence-corrected chi connectivity index (χ0v) is 13.1. The van der Waals surface area contributed by atoms with E-state index >= 15 is 0 Å². The van der Waals surface area contributed by atoms with E-state index in [-0.39, 0.29) is 17.9 Å². The van der Waals surface area contributed by atoms with Crippen LogP contribution in [0.1, 0.15) is 47.3 Å². The molecule has 0 aromatic heterocycles. The first-order chi connectivity index (χ1) is 11.1. The van der Waals surface area contributed by atoms with Crippen molar-refractivity contribution in [2.24, 2.45) is 0 Å². The Hall–Kier alpha value is -2.62. The van der Waals surface area contributed by atoms with Gasteiger partial charge in [0, 0.05) is 18.2 Å². The van der Waals surface area contributed by atoms with Crippen molar-refractivity contribution in [1.82, 2.24) is 5.32 Å². The van der Waals surface area contributed by atoms with Crippen molar-refractivity contribution in [2.45, 2.75) is 32.2 Å². The predicted octanol–water partition coefficient (Wildman–Crippen LogP) is 3.45.